The first-order valence-corrected chi connectivity index (χ1v) is 11.6. The first-order valence-electron chi connectivity index (χ1n) is 10.1. The van der Waals surface area contributed by atoms with Gasteiger partial charge in [-0.2, -0.15) is 0 Å². The molecule has 0 amide bonds. The Kier molecular flexibility index (Phi) is 8.98. The van der Waals surface area contributed by atoms with Gasteiger partial charge in [0, 0.05) is 18.3 Å². The predicted molar refractivity (Wildman–Crippen MR) is 137 cm³/mol. The van der Waals surface area contributed by atoms with Gasteiger partial charge >= 0.3 is 0 Å². The van der Waals surface area contributed by atoms with Gasteiger partial charge in [-0.25, -0.2) is 18.1 Å². The summed E-state index contributed by atoms with van der Waals surface area (Å²) in [7, 11) is -3.66. The lowest BCUT2D eigenvalue weighted by Crippen LogP contribution is -2.40. The molecule has 0 saturated carbocycles. The van der Waals surface area contributed by atoms with Gasteiger partial charge in [-0.3, -0.25) is 4.40 Å². The van der Waals surface area contributed by atoms with Crippen LogP contribution in [0.3, 0.4) is 0 Å². The van der Waals surface area contributed by atoms with Crippen molar-refractivity contribution >= 4 is 45.6 Å². The zero-order valence-electron chi connectivity index (χ0n) is 18.7. The average molecular weight is 571 g/mol. The Balaban J connectivity index is 0.00000363. The topological polar surface area (TPSA) is 113 Å². The summed E-state index contributed by atoms with van der Waals surface area (Å²) in [6, 6.07) is 12.6. The number of nitrogens with zero attached hydrogens (tertiary/aromatic N) is 4. The fraction of sp³-hybridized carbons (Fsp3) is 0.381. The first kappa shape index (κ1) is 26.0. The van der Waals surface area contributed by atoms with Crippen LogP contribution >= 0.6 is 24.0 Å². The number of benzene rings is 1. The molecule has 1 aromatic carbocycles. The van der Waals surface area contributed by atoms with Crippen LogP contribution < -0.4 is 15.4 Å². The molecule has 0 fully saturated rings. The van der Waals surface area contributed by atoms with Gasteiger partial charge in [-0.15, -0.1) is 34.2 Å². The van der Waals surface area contributed by atoms with Crippen molar-refractivity contribution in [2.45, 2.75) is 51.2 Å². The van der Waals surface area contributed by atoms with Gasteiger partial charge in [0.25, 0.3) is 0 Å². The molecule has 3 aromatic rings. The average Bonchev–Trinajstić information content (AvgIpc) is 3.12. The van der Waals surface area contributed by atoms with Crippen LogP contribution in [0.15, 0.2) is 58.5 Å². The summed E-state index contributed by atoms with van der Waals surface area (Å²) in [5, 5.41) is 14.8. The third-order valence-electron chi connectivity index (χ3n) is 4.25. The van der Waals surface area contributed by atoms with Crippen molar-refractivity contribution < 1.29 is 8.42 Å². The van der Waals surface area contributed by atoms with Crippen molar-refractivity contribution in [3.8, 4) is 0 Å². The maximum atomic E-state index is 12.8. The van der Waals surface area contributed by atoms with Crippen LogP contribution in [0.2, 0.25) is 0 Å². The second-order valence-electron chi connectivity index (χ2n) is 8.06. The van der Waals surface area contributed by atoms with Crippen LogP contribution in [0.4, 0.5) is 0 Å². The van der Waals surface area contributed by atoms with Crippen LogP contribution in [0.1, 0.15) is 39.1 Å². The molecule has 0 spiro atoms. The maximum absolute atomic E-state index is 12.8. The second-order valence-corrected chi connectivity index (χ2v) is 9.71. The van der Waals surface area contributed by atoms with E-state index in [1.54, 1.807) is 18.2 Å². The van der Waals surface area contributed by atoms with Crippen molar-refractivity contribution in [2.75, 3.05) is 6.54 Å². The van der Waals surface area contributed by atoms with Crippen molar-refractivity contribution in [1.29, 1.82) is 0 Å². The second kappa shape index (κ2) is 11.1. The number of hydrogen-bond donors (Lipinski definition) is 3. The summed E-state index contributed by atoms with van der Waals surface area (Å²) in [6.07, 6.45) is 1.90. The van der Waals surface area contributed by atoms with E-state index in [1.807, 2.05) is 62.6 Å². The van der Waals surface area contributed by atoms with E-state index in [-0.39, 0.29) is 35.4 Å². The van der Waals surface area contributed by atoms with Crippen molar-refractivity contribution in [3.63, 3.8) is 0 Å². The summed E-state index contributed by atoms with van der Waals surface area (Å²) >= 11 is 0. The van der Waals surface area contributed by atoms with Gasteiger partial charge in [0.1, 0.15) is 0 Å². The molecule has 0 aliphatic heterocycles. The molecule has 0 aliphatic carbocycles. The van der Waals surface area contributed by atoms with E-state index in [2.05, 4.69) is 30.5 Å². The minimum atomic E-state index is -3.66. The first-order chi connectivity index (χ1) is 14.7. The molecule has 2 heterocycles. The minimum Gasteiger partial charge on any atom is -0.357 e. The number of aliphatic imine (C=N–C) groups is 1. The monoisotopic (exact) mass is 571 g/mol. The fourth-order valence-electron chi connectivity index (χ4n) is 3.03. The molecule has 0 bridgehead atoms. The number of sulfonamides is 1. The molecule has 11 heteroatoms. The van der Waals surface area contributed by atoms with Crippen molar-refractivity contribution in [3.05, 3.63) is 60.0 Å². The highest BCUT2D eigenvalue weighted by Crippen LogP contribution is 2.18. The predicted octanol–water partition coefficient (Wildman–Crippen LogP) is 2.68. The fourth-order valence-corrected chi connectivity index (χ4v) is 4.69. The summed E-state index contributed by atoms with van der Waals surface area (Å²) in [5.74, 6) is 1.31. The third kappa shape index (κ3) is 6.87. The van der Waals surface area contributed by atoms with E-state index in [4.69, 9.17) is 0 Å². The van der Waals surface area contributed by atoms with Crippen molar-refractivity contribution in [1.82, 2.24) is 30.0 Å². The molecule has 32 heavy (non-hydrogen) atoms. The molecular formula is C21H30IN7O2S. The summed E-state index contributed by atoms with van der Waals surface area (Å²) in [5.41, 5.74) is 0.809. The highest BCUT2D eigenvalue weighted by molar-refractivity contribution is 14.0. The molecule has 0 radical (unpaired) electrons. The Hall–Kier alpha value is -2.25. The van der Waals surface area contributed by atoms with Crippen LogP contribution in [0.25, 0.3) is 5.65 Å². The smallest absolute Gasteiger partial charge is 0.241 e. The van der Waals surface area contributed by atoms with E-state index >= 15 is 0 Å². The highest BCUT2D eigenvalue weighted by Gasteiger charge is 2.24. The number of hydrogen-bond acceptors (Lipinski definition) is 5. The number of aromatic nitrogens is 3. The van der Waals surface area contributed by atoms with Gasteiger partial charge in [-0.05, 0) is 51.5 Å². The number of halogens is 1. The van der Waals surface area contributed by atoms with Crippen LogP contribution in [0, 0.1) is 0 Å². The van der Waals surface area contributed by atoms with E-state index < -0.39 is 15.6 Å². The molecule has 2 aromatic heterocycles. The molecule has 0 saturated heterocycles. The third-order valence-corrected chi connectivity index (χ3v) is 6.11. The highest BCUT2D eigenvalue weighted by atomic mass is 127. The normalized spacial score (nSPS) is 12.4. The lowest BCUT2D eigenvalue weighted by Gasteiger charge is -2.21. The van der Waals surface area contributed by atoms with Crippen LogP contribution in [-0.2, 0) is 23.1 Å². The zero-order valence-corrected chi connectivity index (χ0v) is 21.8. The Morgan fingerprint density at radius 1 is 1.06 bits per heavy atom. The Bertz CT molecular complexity index is 1170. The maximum Gasteiger partial charge on any atom is 0.241 e. The molecule has 0 unspecified atom stereocenters. The standard InChI is InChI=1S/C21H29N7O2S.HI/c1-5-22-20(24-15-19-26-25-18-12-8-9-13-28(18)19)23-14-16-10-6-7-11-17(16)31(29,30)27-21(2,3)4;/h6-13,27H,5,14-15H2,1-4H3,(H2,22,23,24);1H. The zero-order chi connectivity index (χ0) is 22.5. The molecule has 9 nitrogen and oxygen atoms in total. The Morgan fingerprint density at radius 3 is 2.50 bits per heavy atom. The summed E-state index contributed by atoms with van der Waals surface area (Å²) in [6.45, 7) is 8.69. The SMILES string of the molecule is CCNC(=NCc1ccccc1S(=O)(=O)NC(C)(C)C)NCc1nnc2ccccn12.I. The van der Waals surface area contributed by atoms with Gasteiger partial charge < -0.3 is 10.6 Å². The van der Waals surface area contributed by atoms with Gasteiger partial charge in [-0.1, -0.05) is 24.3 Å². The molecule has 3 rings (SSSR count). The molecule has 174 valence electrons. The van der Waals surface area contributed by atoms with E-state index in [0.29, 0.717) is 24.6 Å². The molecule has 0 aliphatic rings. The Morgan fingerprint density at radius 2 is 1.78 bits per heavy atom. The van der Waals surface area contributed by atoms with Crippen molar-refractivity contribution in [2.24, 2.45) is 4.99 Å². The molecule has 3 N–H and O–H groups in total. The van der Waals surface area contributed by atoms with Gasteiger partial charge in [0.2, 0.25) is 10.0 Å². The van der Waals surface area contributed by atoms with E-state index in [9.17, 15) is 8.42 Å². The van der Waals surface area contributed by atoms with E-state index in [1.165, 1.54) is 0 Å². The number of nitrogens with one attached hydrogen (secondary N) is 3. The minimum absolute atomic E-state index is 0. The lowest BCUT2D eigenvalue weighted by atomic mass is 10.1. The number of guanidine groups is 1. The van der Waals surface area contributed by atoms with E-state index in [0.717, 1.165) is 11.5 Å². The number of pyridine rings is 1. The van der Waals surface area contributed by atoms with Crippen LogP contribution in [0.5, 0.6) is 0 Å². The number of fused-ring (bicyclic) bond motifs is 1. The lowest BCUT2D eigenvalue weighted by molar-refractivity contribution is 0.491. The van der Waals surface area contributed by atoms with Crippen LogP contribution in [-0.4, -0.2) is 41.1 Å². The quantitative estimate of drug-likeness (QED) is 0.229. The Labute approximate surface area is 206 Å². The molecular weight excluding hydrogens is 541 g/mol. The largest absolute Gasteiger partial charge is 0.357 e. The summed E-state index contributed by atoms with van der Waals surface area (Å²) in [4.78, 5) is 4.81. The van der Waals surface area contributed by atoms with Gasteiger partial charge in [0.15, 0.2) is 17.4 Å². The summed E-state index contributed by atoms with van der Waals surface area (Å²) < 4.78 is 30.3. The van der Waals surface area contributed by atoms with Gasteiger partial charge in [0.05, 0.1) is 18.0 Å². The number of rotatable bonds is 7. The molecule has 0 atom stereocenters.